The number of piperidine rings is 1. The van der Waals surface area contributed by atoms with E-state index in [1.165, 1.54) is 11.2 Å². The van der Waals surface area contributed by atoms with E-state index in [1.54, 1.807) is 0 Å². The molecule has 2 aromatic rings. The molecule has 3 N–H and O–H groups in total. The van der Waals surface area contributed by atoms with Crippen LogP contribution in [0.2, 0.25) is 0 Å². The lowest BCUT2D eigenvalue weighted by Crippen LogP contribution is -2.41. The van der Waals surface area contributed by atoms with E-state index in [-0.39, 0.29) is 24.0 Å². The SMILES string of the molecule is CCNC(=NCc1cccc(-c2ncn[nH]2)c1)NCCC1CCN(CC(F)(F)F)CC1.I. The second kappa shape index (κ2) is 13.0. The van der Waals surface area contributed by atoms with Gasteiger partial charge in [-0.25, -0.2) is 9.98 Å². The summed E-state index contributed by atoms with van der Waals surface area (Å²) in [7, 11) is 0. The van der Waals surface area contributed by atoms with Crippen molar-refractivity contribution >= 4 is 29.9 Å². The van der Waals surface area contributed by atoms with Gasteiger partial charge >= 0.3 is 6.18 Å². The number of alkyl halides is 3. The molecule has 32 heavy (non-hydrogen) atoms. The monoisotopic (exact) mass is 565 g/mol. The molecule has 0 aliphatic carbocycles. The van der Waals surface area contributed by atoms with Crippen molar-refractivity contribution in [1.29, 1.82) is 0 Å². The first kappa shape index (κ1) is 26.4. The number of aromatic nitrogens is 3. The van der Waals surface area contributed by atoms with Gasteiger partial charge in [-0.3, -0.25) is 10.00 Å². The van der Waals surface area contributed by atoms with Gasteiger partial charge in [0.2, 0.25) is 0 Å². The zero-order valence-electron chi connectivity index (χ0n) is 18.2. The molecule has 1 aromatic carbocycles. The molecule has 0 amide bonds. The number of aliphatic imine (C=N–C) groups is 1. The van der Waals surface area contributed by atoms with Crippen molar-refractivity contribution in [3.8, 4) is 11.4 Å². The van der Waals surface area contributed by atoms with E-state index in [9.17, 15) is 13.2 Å². The number of aromatic amines is 1. The predicted octanol–water partition coefficient (Wildman–Crippen LogP) is 3.81. The molecule has 1 saturated heterocycles. The van der Waals surface area contributed by atoms with Crippen LogP contribution >= 0.6 is 24.0 Å². The first-order valence-electron chi connectivity index (χ1n) is 10.7. The molecule has 7 nitrogen and oxygen atoms in total. The second-order valence-corrected chi connectivity index (χ2v) is 7.78. The van der Waals surface area contributed by atoms with Crippen molar-refractivity contribution < 1.29 is 13.2 Å². The van der Waals surface area contributed by atoms with E-state index in [0.29, 0.717) is 25.6 Å². The lowest BCUT2D eigenvalue weighted by Gasteiger charge is -2.32. The summed E-state index contributed by atoms with van der Waals surface area (Å²) < 4.78 is 37.5. The van der Waals surface area contributed by atoms with Crippen molar-refractivity contribution in [3.63, 3.8) is 0 Å². The smallest absolute Gasteiger partial charge is 0.357 e. The summed E-state index contributed by atoms with van der Waals surface area (Å²) in [5.41, 5.74) is 2.02. The Bertz CT molecular complexity index is 819. The number of nitrogens with zero attached hydrogens (tertiary/aromatic N) is 4. The van der Waals surface area contributed by atoms with Crippen LogP contribution in [0.15, 0.2) is 35.6 Å². The van der Waals surface area contributed by atoms with Crippen LogP contribution in [0.1, 0.15) is 31.7 Å². The standard InChI is InChI=1S/C21H30F3N7.HI/c1-2-25-20(26-9-6-16-7-10-31(11-8-16)14-21(22,23)24)27-13-17-4-3-5-18(12-17)19-28-15-29-30-19;/h3-5,12,15-16H,2,6-11,13-14H2,1H3,(H2,25,26,27)(H,28,29,30);1H. The molecule has 1 aliphatic rings. The number of rotatable bonds is 8. The molecule has 1 fully saturated rings. The Morgan fingerprint density at radius 1 is 1.25 bits per heavy atom. The molecular formula is C21H31F3IN7. The van der Waals surface area contributed by atoms with Crippen LogP contribution in [0.5, 0.6) is 0 Å². The molecule has 0 radical (unpaired) electrons. The Balaban J connectivity index is 0.00000363. The average molecular weight is 565 g/mol. The summed E-state index contributed by atoms with van der Waals surface area (Å²) in [5, 5.41) is 13.3. The van der Waals surface area contributed by atoms with E-state index in [4.69, 9.17) is 0 Å². The minimum absolute atomic E-state index is 0. The van der Waals surface area contributed by atoms with Crippen molar-refractivity contribution in [3.05, 3.63) is 36.2 Å². The maximum Gasteiger partial charge on any atom is 0.401 e. The topological polar surface area (TPSA) is 81.2 Å². The van der Waals surface area contributed by atoms with E-state index in [1.807, 2.05) is 31.2 Å². The molecule has 178 valence electrons. The van der Waals surface area contributed by atoms with E-state index in [0.717, 1.165) is 55.3 Å². The number of nitrogens with one attached hydrogen (secondary N) is 3. The number of H-pyrrole nitrogens is 1. The van der Waals surface area contributed by atoms with Gasteiger partial charge in [0.05, 0.1) is 13.1 Å². The van der Waals surface area contributed by atoms with Gasteiger partial charge < -0.3 is 10.6 Å². The largest absolute Gasteiger partial charge is 0.401 e. The van der Waals surface area contributed by atoms with Gasteiger partial charge in [0.25, 0.3) is 0 Å². The molecule has 3 rings (SSSR count). The molecule has 0 bridgehead atoms. The first-order chi connectivity index (χ1) is 14.9. The van der Waals surface area contributed by atoms with Crippen molar-refractivity contribution in [2.45, 2.75) is 38.9 Å². The van der Waals surface area contributed by atoms with Crippen LogP contribution in [-0.2, 0) is 6.54 Å². The number of likely N-dealkylation sites (tertiary alicyclic amines) is 1. The molecule has 0 unspecified atom stereocenters. The number of hydrogen-bond acceptors (Lipinski definition) is 4. The summed E-state index contributed by atoms with van der Waals surface area (Å²) in [6.45, 7) is 4.26. The molecular weight excluding hydrogens is 534 g/mol. The van der Waals surface area contributed by atoms with Crippen molar-refractivity contribution in [1.82, 2.24) is 30.7 Å². The maximum atomic E-state index is 12.5. The highest BCUT2D eigenvalue weighted by molar-refractivity contribution is 14.0. The molecule has 0 saturated carbocycles. The Hall–Kier alpha value is -1.89. The fourth-order valence-electron chi connectivity index (χ4n) is 3.76. The zero-order valence-corrected chi connectivity index (χ0v) is 20.5. The fraction of sp³-hybridized carbons (Fsp3) is 0.571. The van der Waals surface area contributed by atoms with Crippen molar-refractivity contribution in [2.24, 2.45) is 10.9 Å². The summed E-state index contributed by atoms with van der Waals surface area (Å²) in [4.78, 5) is 10.3. The number of guanidine groups is 1. The van der Waals surface area contributed by atoms with E-state index in [2.05, 4.69) is 30.8 Å². The maximum absolute atomic E-state index is 12.5. The summed E-state index contributed by atoms with van der Waals surface area (Å²) in [6.07, 6.45) is -0.0988. The van der Waals surface area contributed by atoms with Crippen LogP contribution in [0.4, 0.5) is 13.2 Å². The third-order valence-corrected chi connectivity index (χ3v) is 5.33. The number of benzene rings is 1. The highest BCUT2D eigenvalue weighted by Gasteiger charge is 2.32. The number of hydrogen-bond donors (Lipinski definition) is 3. The van der Waals surface area contributed by atoms with Crippen LogP contribution in [0.25, 0.3) is 11.4 Å². The average Bonchev–Trinajstić information content (AvgIpc) is 3.27. The second-order valence-electron chi connectivity index (χ2n) is 7.78. The van der Waals surface area contributed by atoms with E-state index >= 15 is 0 Å². The van der Waals surface area contributed by atoms with Crippen LogP contribution in [-0.4, -0.2) is 64.9 Å². The van der Waals surface area contributed by atoms with Gasteiger partial charge in [-0.2, -0.15) is 18.3 Å². The molecule has 1 aromatic heterocycles. The zero-order chi connectivity index (χ0) is 22.1. The highest BCUT2D eigenvalue weighted by atomic mass is 127. The molecule has 1 aliphatic heterocycles. The third-order valence-electron chi connectivity index (χ3n) is 5.33. The predicted molar refractivity (Wildman–Crippen MR) is 130 cm³/mol. The van der Waals surface area contributed by atoms with Gasteiger partial charge in [-0.05, 0) is 56.8 Å². The third kappa shape index (κ3) is 8.93. The quantitative estimate of drug-likeness (QED) is 0.258. The lowest BCUT2D eigenvalue weighted by molar-refractivity contribution is -0.148. The minimum atomic E-state index is -4.11. The number of halogens is 4. The minimum Gasteiger partial charge on any atom is -0.357 e. The Labute approximate surface area is 203 Å². The summed E-state index contributed by atoms with van der Waals surface area (Å²) in [5.74, 6) is 1.90. The normalized spacial score (nSPS) is 15.9. The summed E-state index contributed by atoms with van der Waals surface area (Å²) in [6, 6.07) is 7.98. The van der Waals surface area contributed by atoms with Crippen molar-refractivity contribution in [2.75, 3.05) is 32.7 Å². The van der Waals surface area contributed by atoms with Crippen LogP contribution < -0.4 is 10.6 Å². The molecule has 11 heteroatoms. The highest BCUT2D eigenvalue weighted by Crippen LogP contribution is 2.24. The fourth-order valence-corrected chi connectivity index (χ4v) is 3.76. The lowest BCUT2D eigenvalue weighted by atomic mass is 9.93. The summed E-state index contributed by atoms with van der Waals surface area (Å²) >= 11 is 0. The van der Waals surface area contributed by atoms with Gasteiger partial charge in [0.15, 0.2) is 11.8 Å². The molecule has 0 atom stereocenters. The Morgan fingerprint density at radius 3 is 2.69 bits per heavy atom. The van der Waals surface area contributed by atoms with Crippen LogP contribution in [0.3, 0.4) is 0 Å². The first-order valence-corrected chi connectivity index (χ1v) is 10.7. The van der Waals surface area contributed by atoms with Crippen LogP contribution in [0, 0.1) is 5.92 Å². The Morgan fingerprint density at radius 2 is 2.03 bits per heavy atom. The van der Waals surface area contributed by atoms with Gasteiger partial charge in [0.1, 0.15) is 6.33 Å². The van der Waals surface area contributed by atoms with Gasteiger partial charge in [-0.1, -0.05) is 18.2 Å². The van der Waals surface area contributed by atoms with Gasteiger partial charge in [0, 0.05) is 18.7 Å². The van der Waals surface area contributed by atoms with E-state index < -0.39 is 12.7 Å². The molecule has 0 spiro atoms. The molecule has 2 heterocycles. The Kier molecular flexibility index (Phi) is 10.7. The van der Waals surface area contributed by atoms with Gasteiger partial charge in [-0.15, -0.1) is 24.0 Å².